The molecule has 4 aliphatic carbocycles. The molecule has 2 aliphatic heterocycles. The number of imide groups is 1. The molecule has 0 unspecified atom stereocenters. The van der Waals surface area contributed by atoms with Crippen molar-refractivity contribution in [3.05, 3.63) is 108 Å². The molecule has 3 saturated carbocycles. The lowest BCUT2D eigenvalue weighted by Gasteiger charge is -2.62. The van der Waals surface area contributed by atoms with Gasteiger partial charge in [-0.2, -0.15) is 0 Å². The van der Waals surface area contributed by atoms with Gasteiger partial charge in [-0.15, -0.1) is 11.8 Å². The van der Waals surface area contributed by atoms with Crippen LogP contribution in [0, 0.1) is 22.7 Å². The number of aliphatic hydroxyl groups excluding tert-OH is 2. The van der Waals surface area contributed by atoms with Gasteiger partial charge in [-0.1, -0.05) is 67.6 Å². The van der Waals surface area contributed by atoms with Gasteiger partial charge in [0.1, 0.15) is 18.7 Å². The molecule has 5 N–H and O–H groups in total. The first-order valence-corrected chi connectivity index (χ1v) is 23.0. The molecule has 8 rings (SSSR count). The zero-order chi connectivity index (χ0) is 46.6. The van der Waals surface area contributed by atoms with Crippen molar-refractivity contribution in [1.82, 2.24) is 15.5 Å². The summed E-state index contributed by atoms with van der Waals surface area (Å²) in [5.41, 5.74) is -1.73. The van der Waals surface area contributed by atoms with Crippen molar-refractivity contribution in [2.75, 3.05) is 18.5 Å². The fourth-order valence-corrected chi connectivity index (χ4v) is 12.2. The van der Waals surface area contributed by atoms with Gasteiger partial charge in [-0.25, -0.2) is 4.39 Å². The first-order valence-electron chi connectivity index (χ1n) is 22.0. The van der Waals surface area contributed by atoms with E-state index in [4.69, 9.17) is 9.47 Å². The monoisotopic (exact) mass is 910 g/mol. The van der Waals surface area contributed by atoms with E-state index >= 15 is 4.39 Å². The molecule has 0 radical (unpaired) electrons. The van der Waals surface area contributed by atoms with E-state index in [-0.39, 0.29) is 25.3 Å². The number of halogens is 1. The van der Waals surface area contributed by atoms with E-state index in [1.54, 1.807) is 12.1 Å². The first-order chi connectivity index (χ1) is 30.8. The number of aliphatic hydroxyl groups is 2. The predicted molar refractivity (Wildman–Crippen MR) is 238 cm³/mol. The van der Waals surface area contributed by atoms with Crippen LogP contribution in [0.4, 0.5) is 10.1 Å². The van der Waals surface area contributed by atoms with Gasteiger partial charge in [0, 0.05) is 63.8 Å². The van der Waals surface area contributed by atoms with Crippen LogP contribution in [0.3, 0.4) is 0 Å². The number of hydrogen-bond donors (Lipinski definition) is 5. The Balaban J connectivity index is 0.854. The summed E-state index contributed by atoms with van der Waals surface area (Å²) in [4.78, 5) is 77.3. The highest BCUT2D eigenvalue weighted by Gasteiger charge is 2.79. The SMILES string of the molecule is C=C1C=C[C@@]2(C)C(=C1)CC[C@H]1[C@@H]3C[C@H]4O[C@@H](c5ccc(CSc6cccc(NC(=O)[C@H](C)NC(=O)[C@H](C)NC(=O)CCN7C(=O)C=CC7=O)c6)cc5)O[C@@]4(C(=O)CO)[C@@]3(C)C[C@H](O)[C@@]12F. The summed E-state index contributed by atoms with van der Waals surface area (Å²) in [5, 5.41) is 30.1. The van der Waals surface area contributed by atoms with Gasteiger partial charge in [0.25, 0.3) is 11.8 Å². The first kappa shape index (κ1) is 46.3. The van der Waals surface area contributed by atoms with E-state index in [2.05, 4.69) is 22.5 Å². The van der Waals surface area contributed by atoms with Gasteiger partial charge in [-0.05, 0) is 81.7 Å². The summed E-state index contributed by atoms with van der Waals surface area (Å²) in [6, 6.07) is 12.9. The summed E-state index contributed by atoms with van der Waals surface area (Å²) in [5.74, 6) is -3.49. The lowest BCUT2D eigenvalue weighted by molar-refractivity contribution is -0.231. The van der Waals surface area contributed by atoms with Crippen molar-refractivity contribution >= 4 is 52.8 Å². The molecule has 11 atom stereocenters. The average Bonchev–Trinajstić information content (AvgIpc) is 3.90. The maximum atomic E-state index is 17.8. The molecular formula is C49H55FN4O10S. The van der Waals surface area contributed by atoms with Crippen LogP contribution < -0.4 is 16.0 Å². The number of fused-ring (bicyclic) bond motifs is 7. The number of thioether (sulfide) groups is 1. The van der Waals surface area contributed by atoms with Crippen molar-refractivity contribution in [3.63, 3.8) is 0 Å². The maximum Gasteiger partial charge on any atom is 0.253 e. The Hall–Kier alpha value is -5.26. The normalized spacial score (nSPS) is 33.0. The number of rotatable bonds is 14. The number of hydrogen-bond acceptors (Lipinski definition) is 11. The number of carbonyl (C=O) groups is 6. The molecule has 14 nitrogen and oxygen atoms in total. The van der Waals surface area contributed by atoms with Crippen LogP contribution in [-0.4, -0.2) is 99.1 Å². The average molecular weight is 911 g/mol. The van der Waals surface area contributed by atoms with Gasteiger partial charge < -0.3 is 35.6 Å². The Morgan fingerprint density at radius 2 is 1.69 bits per heavy atom. The minimum absolute atomic E-state index is 0.0342. The number of anilines is 1. The Kier molecular flexibility index (Phi) is 12.5. The number of ketones is 1. The minimum Gasteiger partial charge on any atom is -0.390 e. The molecule has 344 valence electrons. The number of carbonyl (C=O) groups excluding carboxylic acids is 6. The van der Waals surface area contributed by atoms with Crippen LogP contribution in [0.15, 0.2) is 102 Å². The fraction of sp³-hybridized carbons (Fsp3) is 0.469. The van der Waals surface area contributed by atoms with Crippen LogP contribution in [0.25, 0.3) is 0 Å². The standard InChI is InChI=1S/C49H55FN4O10S/c1-27-17-19-46(4)32(21-27)13-14-35-36-23-39-49(38(57)25-55,47(36,5)24-37(56)48(35,46)50)64-45(63-39)31-11-9-30(10-12-31)26-65-34-8-6-7-33(22-34)53-44(62)29(3)52-43(61)28(2)51-40(58)18-20-54-41(59)15-16-42(54)60/h6-12,15-17,19,21-22,28-29,35-37,39,45,55-56H,1,13-14,18,20,23-26H2,2-5H3,(H,51,58)(H,52,61)(H,53,62)/t28-,29-,35-,36-,37-,39+,45+,46-,47-,48-,49+/m0/s1. The minimum atomic E-state index is -1.98. The summed E-state index contributed by atoms with van der Waals surface area (Å²) in [6.07, 6.45) is 6.03. The van der Waals surface area contributed by atoms with E-state index in [9.17, 15) is 39.0 Å². The molecule has 2 aromatic carbocycles. The molecular weight excluding hydrogens is 856 g/mol. The van der Waals surface area contributed by atoms with Crippen molar-refractivity contribution < 1.29 is 52.8 Å². The van der Waals surface area contributed by atoms with Crippen molar-refractivity contribution in [3.8, 4) is 0 Å². The largest absolute Gasteiger partial charge is 0.390 e. The number of nitrogens with one attached hydrogen (secondary N) is 3. The molecule has 65 heavy (non-hydrogen) atoms. The van der Waals surface area contributed by atoms with Crippen LogP contribution in [0.2, 0.25) is 0 Å². The topological polar surface area (TPSA) is 201 Å². The Bertz CT molecular complexity index is 2410. The highest BCUT2D eigenvalue weighted by Crippen LogP contribution is 2.72. The van der Waals surface area contributed by atoms with Gasteiger partial charge in [0.05, 0.1) is 12.2 Å². The molecule has 2 heterocycles. The second-order valence-corrected chi connectivity index (χ2v) is 19.6. The van der Waals surface area contributed by atoms with Gasteiger partial charge in [0.15, 0.2) is 23.3 Å². The molecule has 5 amide bonds. The molecule has 4 fully saturated rings. The van der Waals surface area contributed by atoms with Crippen LogP contribution >= 0.6 is 11.8 Å². The highest BCUT2D eigenvalue weighted by atomic mass is 32.2. The lowest BCUT2D eigenvalue weighted by Crippen LogP contribution is -2.69. The third-order valence-corrected chi connectivity index (χ3v) is 15.8. The number of benzene rings is 2. The molecule has 0 aromatic heterocycles. The summed E-state index contributed by atoms with van der Waals surface area (Å²) in [6.45, 7) is 9.86. The van der Waals surface area contributed by atoms with E-state index in [0.29, 0.717) is 36.3 Å². The molecule has 2 aromatic rings. The quantitative estimate of drug-likeness (QED) is 0.127. The zero-order valence-electron chi connectivity index (χ0n) is 36.8. The van der Waals surface area contributed by atoms with Crippen molar-refractivity contribution in [1.29, 1.82) is 0 Å². The molecule has 6 aliphatic rings. The number of Topliss-reactive ketones (excluding diaryl/α,β-unsaturated/α-hetero) is 1. The molecule has 1 saturated heterocycles. The third-order valence-electron chi connectivity index (χ3n) is 14.8. The molecule has 16 heteroatoms. The number of amides is 5. The van der Waals surface area contributed by atoms with Crippen LogP contribution in [-0.2, 0) is 44.0 Å². The number of alkyl halides is 1. The molecule has 0 bridgehead atoms. The number of allylic oxidation sites excluding steroid dienone is 5. The lowest BCUT2D eigenvalue weighted by atomic mass is 9.44. The highest BCUT2D eigenvalue weighted by molar-refractivity contribution is 7.98. The third kappa shape index (κ3) is 7.90. The van der Waals surface area contributed by atoms with Gasteiger partial charge >= 0.3 is 0 Å². The van der Waals surface area contributed by atoms with E-state index in [0.717, 1.165) is 38.7 Å². The Labute approximate surface area is 381 Å². The fourth-order valence-electron chi connectivity index (χ4n) is 11.3. The van der Waals surface area contributed by atoms with E-state index < -0.39 is 101 Å². The number of nitrogens with zero attached hydrogens (tertiary/aromatic N) is 1. The van der Waals surface area contributed by atoms with E-state index in [1.165, 1.54) is 25.6 Å². The predicted octanol–water partition coefficient (Wildman–Crippen LogP) is 4.92. The molecule has 0 spiro atoms. The Morgan fingerprint density at radius 1 is 0.985 bits per heavy atom. The van der Waals surface area contributed by atoms with Gasteiger partial charge in [0.2, 0.25) is 17.7 Å². The smallest absolute Gasteiger partial charge is 0.253 e. The van der Waals surface area contributed by atoms with Crippen LogP contribution in [0.1, 0.15) is 77.2 Å². The van der Waals surface area contributed by atoms with E-state index in [1.807, 2.05) is 68.5 Å². The number of ether oxygens (including phenoxy) is 2. The Morgan fingerprint density at radius 3 is 2.40 bits per heavy atom. The maximum absolute atomic E-state index is 17.8. The zero-order valence-corrected chi connectivity index (χ0v) is 37.6. The second kappa shape index (κ2) is 17.5. The van der Waals surface area contributed by atoms with Crippen LogP contribution in [0.5, 0.6) is 0 Å². The van der Waals surface area contributed by atoms with Gasteiger partial charge in [-0.3, -0.25) is 33.7 Å². The van der Waals surface area contributed by atoms with Crippen molar-refractivity contribution in [2.24, 2.45) is 22.7 Å². The summed E-state index contributed by atoms with van der Waals surface area (Å²) in [7, 11) is 0. The second-order valence-electron chi connectivity index (χ2n) is 18.5. The summed E-state index contributed by atoms with van der Waals surface area (Å²) >= 11 is 1.53. The summed E-state index contributed by atoms with van der Waals surface area (Å²) < 4.78 is 31.1. The van der Waals surface area contributed by atoms with Crippen molar-refractivity contribution in [2.45, 2.75) is 112 Å².